The van der Waals surface area contributed by atoms with Crippen LogP contribution in [0.15, 0.2) is 4.99 Å². The third-order valence-electron chi connectivity index (χ3n) is 5.38. The number of rotatable bonds is 5. The van der Waals surface area contributed by atoms with Crippen LogP contribution in [0.25, 0.3) is 0 Å². The number of guanidine groups is 1. The summed E-state index contributed by atoms with van der Waals surface area (Å²) in [6.45, 7) is 14.0. The van der Waals surface area contributed by atoms with Crippen molar-refractivity contribution in [3.63, 3.8) is 0 Å². The zero-order valence-electron chi connectivity index (χ0n) is 17.0. The Morgan fingerprint density at radius 2 is 1.92 bits per heavy atom. The van der Waals surface area contributed by atoms with E-state index in [4.69, 9.17) is 4.99 Å². The Morgan fingerprint density at radius 1 is 1.15 bits per heavy atom. The monoisotopic (exact) mass is 387 g/mol. The van der Waals surface area contributed by atoms with E-state index in [0.717, 1.165) is 45.1 Å². The molecule has 2 aliphatic rings. The van der Waals surface area contributed by atoms with Gasteiger partial charge in [-0.25, -0.2) is 8.42 Å². The maximum absolute atomic E-state index is 12.2. The fourth-order valence-electron chi connectivity index (χ4n) is 3.55. The van der Waals surface area contributed by atoms with Gasteiger partial charge in [-0.1, -0.05) is 0 Å². The summed E-state index contributed by atoms with van der Waals surface area (Å²) >= 11 is 0. The largest absolute Gasteiger partial charge is 0.357 e. The van der Waals surface area contributed by atoms with Crippen molar-refractivity contribution in [3.05, 3.63) is 0 Å². The molecular weight excluding hydrogens is 350 g/mol. The van der Waals surface area contributed by atoms with Crippen LogP contribution in [-0.4, -0.2) is 106 Å². The highest BCUT2D eigenvalue weighted by Gasteiger charge is 2.40. The van der Waals surface area contributed by atoms with Gasteiger partial charge in [0.05, 0.1) is 10.5 Å². The van der Waals surface area contributed by atoms with Crippen LogP contribution < -0.4 is 5.32 Å². The zero-order chi connectivity index (χ0) is 19.2. The molecule has 0 aromatic carbocycles. The van der Waals surface area contributed by atoms with Crippen molar-refractivity contribution in [1.82, 2.24) is 20.0 Å². The van der Waals surface area contributed by atoms with E-state index in [-0.39, 0.29) is 5.75 Å². The predicted molar refractivity (Wildman–Crippen MR) is 109 cm³/mol. The number of hydrogen-bond donors (Lipinski definition) is 1. The molecule has 0 aromatic rings. The van der Waals surface area contributed by atoms with Gasteiger partial charge in [0, 0.05) is 39.3 Å². The first-order valence-electron chi connectivity index (χ1n) is 9.91. The molecule has 0 unspecified atom stereocenters. The number of hydrogen-bond acceptors (Lipinski definition) is 5. The molecule has 0 amide bonds. The third kappa shape index (κ3) is 5.82. The maximum atomic E-state index is 12.2. The van der Waals surface area contributed by atoms with E-state index in [1.807, 2.05) is 13.8 Å². The van der Waals surface area contributed by atoms with Gasteiger partial charge in [-0.2, -0.15) is 0 Å². The molecular formula is C18H37N5O2S. The normalized spacial score (nSPS) is 25.1. The van der Waals surface area contributed by atoms with Crippen LogP contribution in [0, 0.1) is 0 Å². The molecule has 1 N–H and O–H groups in total. The minimum atomic E-state index is -3.03. The van der Waals surface area contributed by atoms with E-state index in [0.29, 0.717) is 13.1 Å². The molecule has 0 aromatic heterocycles. The molecule has 26 heavy (non-hydrogen) atoms. The summed E-state index contributed by atoms with van der Waals surface area (Å²) in [6, 6.07) is 0. The van der Waals surface area contributed by atoms with Gasteiger partial charge in [0.1, 0.15) is 0 Å². The second-order valence-electron chi connectivity index (χ2n) is 8.09. The molecule has 0 radical (unpaired) electrons. The van der Waals surface area contributed by atoms with Gasteiger partial charge in [0.2, 0.25) is 0 Å². The van der Waals surface area contributed by atoms with Gasteiger partial charge < -0.3 is 20.0 Å². The Morgan fingerprint density at radius 3 is 2.62 bits per heavy atom. The lowest BCUT2D eigenvalue weighted by Crippen LogP contribution is -2.57. The Bertz CT molecular complexity index is 576. The number of aliphatic imine (C=N–C) groups is 1. The van der Waals surface area contributed by atoms with Gasteiger partial charge in [0.15, 0.2) is 15.8 Å². The summed E-state index contributed by atoms with van der Waals surface area (Å²) in [5.74, 6) is 1.05. The lowest BCUT2D eigenvalue weighted by molar-refractivity contribution is 0.274. The van der Waals surface area contributed by atoms with Crippen molar-refractivity contribution in [2.45, 2.75) is 38.4 Å². The van der Waals surface area contributed by atoms with Crippen molar-refractivity contribution >= 4 is 15.8 Å². The average Bonchev–Trinajstić information content (AvgIpc) is 2.77. The standard InChI is InChI=1S/C18H37N5O2S/c1-5-19-17(23-14-15-26(24,25)18(2,3)16-23)20-8-6-10-22-11-7-9-21(4)12-13-22/h5-16H2,1-4H3,(H,19,20). The Labute approximate surface area is 159 Å². The summed E-state index contributed by atoms with van der Waals surface area (Å²) in [7, 11) is -0.834. The van der Waals surface area contributed by atoms with Crippen LogP contribution in [0.5, 0.6) is 0 Å². The molecule has 8 heteroatoms. The van der Waals surface area contributed by atoms with Gasteiger partial charge >= 0.3 is 0 Å². The first kappa shape index (κ1) is 21.4. The quantitative estimate of drug-likeness (QED) is 0.421. The molecule has 7 nitrogen and oxygen atoms in total. The molecule has 2 saturated heterocycles. The third-order valence-corrected chi connectivity index (χ3v) is 7.92. The minimum Gasteiger partial charge on any atom is -0.357 e. The average molecular weight is 388 g/mol. The molecule has 2 heterocycles. The smallest absolute Gasteiger partial charge is 0.193 e. The second kappa shape index (κ2) is 9.37. The highest BCUT2D eigenvalue weighted by atomic mass is 32.2. The summed E-state index contributed by atoms with van der Waals surface area (Å²) in [4.78, 5) is 11.8. The van der Waals surface area contributed by atoms with Gasteiger partial charge in [-0.15, -0.1) is 0 Å². The second-order valence-corrected chi connectivity index (χ2v) is 10.8. The van der Waals surface area contributed by atoms with Crippen molar-refractivity contribution in [2.75, 3.05) is 71.7 Å². The van der Waals surface area contributed by atoms with Gasteiger partial charge in [-0.05, 0) is 60.3 Å². The molecule has 0 atom stereocenters. The number of sulfone groups is 1. The van der Waals surface area contributed by atoms with Gasteiger partial charge in [0.25, 0.3) is 0 Å². The number of nitrogens with one attached hydrogen (secondary N) is 1. The highest BCUT2D eigenvalue weighted by molar-refractivity contribution is 7.92. The fraction of sp³-hybridized carbons (Fsp3) is 0.944. The lowest BCUT2D eigenvalue weighted by atomic mass is 10.2. The molecule has 2 fully saturated rings. The van der Waals surface area contributed by atoms with Crippen molar-refractivity contribution in [3.8, 4) is 0 Å². The van der Waals surface area contributed by atoms with Crippen molar-refractivity contribution in [1.29, 1.82) is 0 Å². The van der Waals surface area contributed by atoms with Crippen molar-refractivity contribution in [2.24, 2.45) is 4.99 Å². The molecule has 0 aliphatic carbocycles. The van der Waals surface area contributed by atoms with Crippen LogP contribution in [-0.2, 0) is 9.84 Å². The molecule has 0 saturated carbocycles. The molecule has 0 bridgehead atoms. The molecule has 2 aliphatic heterocycles. The summed E-state index contributed by atoms with van der Waals surface area (Å²) in [5.41, 5.74) is 0. The fourth-order valence-corrected chi connectivity index (χ4v) is 4.92. The van der Waals surface area contributed by atoms with E-state index in [2.05, 4.69) is 34.0 Å². The summed E-state index contributed by atoms with van der Waals surface area (Å²) < 4.78 is 23.7. The van der Waals surface area contributed by atoms with E-state index in [1.165, 1.54) is 19.5 Å². The Balaban J connectivity index is 1.86. The molecule has 0 spiro atoms. The van der Waals surface area contributed by atoms with Crippen LogP contribution >= 0.6 is 0 Å². The molecule has 152 valence electrons. The molecule has 2 rings (SSSR count). The van der Waals surface area contributed by atoms with E-state index in [1.54, 1.807) is 0 Å². The van der Waals surface area contributed by atoms with Gasteiger partial charge in [-0.3, -0.25) is 4.99 Å². The predicted octanol–water partition coefficient (Wildman–Crippen LogP) is 0.489. The number of nitrogens with zero attached hydrogens (tertiary/aromatic N) is 4. The lowest BCUT2D eigenvalue weighted by Gasteiger charge is -2.39. The zero-order valence-corrected chi connectivity index (χ0v) is 17.8. The van der Waals surface area contributed by atoms with E-state index in [9.17, 15) is 8.42 Å². The Hall–Kier alpha value is -0.860. The number of likely N-dealkylation sites (N-methyl/N-ethyl adjacent to an activating group) is 1. The van der Waals surface area contributed by atoms with Crippen molar-refractivity contribution < 1.29 is 8.42 Å². The maximum Gasteiger partial charge on any atom is 0.193 e. The SMILES string of the molecule is CCNC(=NCCCN1CCCN(C)CC1)N1CCS(=O)(=O)C(C)(C)C1. The van der Waals surface area contributed by atoms with Crippen LogP contribution in [0.1, 0.15) is 33.6 Å². The first-order valence-corrected chi connectivity index (χ1v) is 11.6. The summed E-state index contributed by atoms with van der Waals surface area (Å²) in [5, 5.41) is 3.33. The minimum absolute atomic E-state index is 0.200. The summed E-state index contributed by atoms with van der Waals surface area (Å²) in [6.07, 6.45) is 2.27. The topological polar surface area (TPSA) is 68.2 Å². The van der Waals surface area contributed by atoms with E-state index < -0.39 is 14.6 Å². The highest BCUT2D eigenvalue weighted by Crippen LogP contribution is 2.23. The first-order chi connectivity index (χ1) is 12.2. The van der Waals surface area contributed by atoms with Crippen LogP contribution in [0.4, 0.5) is 0 Å². The Kier molecular flexibility index (Phi) is 7.73. The van der Waals surface area contributed by atoms with E-state index >= 15 is 0 Å². The van der Waals surface area contributed by atoms with Crippen LogP contribution in [0.3, 0.4) is 0 Å². The van der Waals surface area contributed by atoms with Crippen LogP contribution in [0.2, 0.25) is 0 Å².